The second kappa shape index (κ2) is 3.58. The maximum Gasteiger partial charge on any atom is 0.176 e. The molecule has 15 heavy (non-hydrogen) atoms. The number of aliphatic imine (C=N–C) groups is 1. The smallest absolute Gasteiger partial charge is 0.176 e. The minimum absolute atomic E-state index is 0.109. The molecule has 0 aliphatic carbocycles. The average Bonchev–Trinajstić information content (AvgIpc) is 2.19. The summed E-state index contributed by atoms with van der Waals surface area (Å²) in [6, 6.07) is 1.25. The first-order chi connectivity index (χ1) is 7.02. The number of nitrogens with zero attached hydrogens (tertiary/aromatic N) is 1. The van der Waals surface area contributed by atoms with Crippen molar-refractivity contribution in [2.45, 2.75) is 6.92 Å². The number of hydrogen-bond donors (Lipinski definition) is 0. The predicted molar refractivity (Wildman–Crippen MR) is 58.1 cm³/mol. The Balaban J connectivity index is 2.78. The van der Waals surface area contributed by atoms with Gasteiger partial charge in [-0.3, -0.25) is 9.79 Å². The van der Waals surface area contributed by atoms with Gasteiger partial charge in [-0.05, 0) is 6.07 Å². The molecule has 1 atom stereocenters. The fourth-order valence-corrected chi connectivity index (χ4v) is 1.93. The van der Waals surface area contributed by atoms with E-state index in [0.717, 1.165) is 0 Å². The van der Waals surface area contributed by atoms with Crippen LogP contribution < -0.4 is 0 Å². The van der Waals surface area contributed by atoms with E-state index in [9.17, 15) is 9.18 Å². The molecular formula is C10H6Cl2FNO. The number of rotatable bonds is 0. The van der Waals surface area contributed by atoms with Gasteiger partial charge >= 0.3 is 0 Å². The summed E-state index contributed by atoms with van der Waals surface area (Å²) < 4.78 is 13.6. The van der Waals surface area contributed by atoms with Crippen LogP contribution in [0.3, 0.4) is 0 Å². The molecule has 1 unspecified atom stereocenters. The summed E-state index contributed by atoms with van der Waals surface area (Å²) in [5.41, 5.74) is 0.0594. The molecule has 1 aromatic carbocycles. The highest BCUT2D eigenvalue weighted by Gasteiger charge is 2.28. The van der Waals surface area contributed by atoms with Crippen LogP contribution >= 0.6 is 23.2 Å². The van der Waals surface area contributed by atoms with Crippen molar-refractivity contribution in [2.75, 3.05) is 0 Å². The molecule has 1 aliphatic rings. The van der Waals surface area contributed by atoms with Gasteiger partial charge in [-0.1, -0.05) is 30.1 Å². The number of hydrogen-bond acceptors (Lipinski definition) is 2. The molecule has 2 rings (SSSR count). The molecule has 5 heteroatoms. The van der Waals surface area contributed by atoms with Crippen LogP contribution in [-0.4, -0.2) is 12.0 Å². The zero-order valence-corrected chi connectivity index (χ0v) is 9.23. The fraction of sp³-hybridized carbons (Fsp3) is 0.200. The Labute approximate surface area is 95.7 Å². The van der Waals surface area contributed by atoms with E-state index >= 15 is 0 Å². The minimum atomic E-state index is -0.746. The van der Waals surface area contributed by atoms with Gasteiger partial charge in [0.1, 0.15) is 0 Å². The Kier molecular flexibility index (Phi) is 2.52. The summed E-state index contributed by atoms with van der Waals surface area (Å²) in [5, 5.41) is 0.0318. The first-order valence-electron chi connectivity index (χ1n) is 4.28. The summed E-state index contributed by atoms with van der Waals surface area (Å²) in [6.45, 7) is 1.64. The molecule has 1 heterocycles. The maximum absolute atomic E-state index is 13.6. The molecule has 0 saturated carbocycles. The van der Waals surface area contributed by atoms with Crippen molar-refractivity contribution in [3.05, 3.63) is 27.5 Å². The van der Waals surface area contributed by atoms with Crippen molar-refractivity contribution in [1.82, 2.24) is 0 Å². The number of fused-ring (bicyclic) bond motifs is 1. The van der Waals surface area contributed by atoms with Gasteiger partial charge in [-0.2, -0.15) is 0 Å². The Morgan fingerprint density at radius 3 is 2.73 bits per heavy atom. The van der Waals surface area contributed by atoms with Crippen molar-refractivity contribution in [3.8, 4) is 0 Å². The van der Waals surface area contributed by atoms with Gasteiger partial charge in [0.2, 0.25) is 0 Å². The van der Waals surface area contributed by atoms with E-state index in [1.54, 1.807) is 6.92 Å². The number of carbonyl (C=O) groups is 1. The van der Waals surface area contributed by atoms with E-state index in [1.165, 1.54) is 12.3 Å². The largest absolute Gasteiger partial charge is 0.293 e. The minimum Gasteiger partial charge on any atom is -0.293 e. The first-order valence-corrected chi connectivity index (χ1v) is 5.04. The van der Waals surface area contributed by atoms with Crippen LogP contribution in [0.15, 0.2) is 11.1 Å². The van der Waals surface area contributed by atoms with E-state index in [-0.39, 0.29) is 27.1 Å². The predicted octanol–water partition coefficient (Wildman–Crippen LogP) is 3.67. The first kappa shape index (κ1) is 10.6. The van der Waals surface area contributed by atoms with E-state index in [0.29, 0.717) is 0 Å². The van der Waals surface area contributed by atoms with Crippen molar-refractivity contribution in [2.24, 2.45) is 10.9 Å². The highest BCUT2D eigenvalue weighted by atomic mass is 35.5. The molecule has 0 fully saturated rings. The SMILES string of the molecule is CC1C=Nc2c(Cl)cc(Cl)c(F)c2C1=O. The molecule has 0 spiro atoms. The molecule has 78 valence electrons. The number of ketones is 1. The van der Waals surface area contributed by atoms with Gasteiger partial charge < -0.3 is 0 Å². The average molecular weight is 246 g/mol. The second-order valence-corrected chi connectivity index (χ2v) is 4.12. The number of halogens is 3. The summed E-state index contributed by atoms with van der Waals surface area (Å²) in [6.07, 6.45) is 1.45. The summed E-state index contributed by atoms with van der Waals surface area (Å²) in [5.74, 6) is -1.53. The van der Waals surface area contributed by atoms with Gasteiger partial charge in [0, 0.05) is 6.21 Å². The zero-order valence-electron chi connectivity index (χ0n) is 7.72. The van der Waals surface area contributed by atoms with Crippen LogP contribution in [0.1, 0.15) is 17.3 Å². The van der Waals surface area contributed by atoms with Crippen LogP contribution in [0.25, 0.3) is 0 Å². The van der Waals surface area contributed by atoms with Crippen LogP contribution in [0.4, 0.5) is 10.1 Å². The normalized spacial score (nSPS) is 19.2. The molecule has 0 saturated heterocycles. The van der Waals surface area contributed by atoms with E-state index in [1.807, 2.05) is 0 Å². The second-order valence-electron chi connectivity index (χ2n) is 3.31. The van der Waals surface area contributed by atoms with Crippen molar-refractivity contribution < 1.29 is 9.18 Å². The Morgan fingerprint density at radius 1 is 1.40 bits per heavy atom. The molecule has 1 aromatic rings. The Morgan fingerprint density at radius 2 is 2.07 bits per heavy atom. The lowest BCUT2D eigenvalue weighted by molar-refractivity contribution is 0.0958. The molecule has 0 N–H and O–H groups in total. The molecule has 0 amide bonds. The summed E-state index contributed by atoms with van der Waals surface area (Å²) in [7, 11) is 0. The number of carbonyl (C=O) groups excluding carboxylic acids is 1. The Bertz CT molecular complexity index is 485. The lowest BCUT2D eigenvalue weighted by Crippen LogP contribution is -2.18. The van der Waals surface area contributed by atoms with Gasteiger partial charge in [0.25, 0.3) is 0 Å². The van der Waals surface area contributed by atoms with Gasteiger partial charge in [-0.15, -0.1) is 0 Å². The van der Waals surface area contributed by atoms with E-state index in [2.05, 4.69) is 4.99 Å². The molecule has 0 bridgehead atoms. The molecule has 1 aliphatic heterocycles. The van der Waals surface area contributed by atoms with Gasteiger partial charge in [-0.25, -0.2) is 4.39 Å². The lowest BCUT2D eigenvalue weighted by atomic mass is 9.96. The van der Waals surface area contributed by atoms with Crippen LogP contribution in [0.5, 0.6) is 0 Å². The monoisotopic (exact) mass is 245 g/mol. The quantitative estimate of drug-likeness (QED) is 0.642. The van der Waals surface area contributed by atoms with Crippen molar-refractivity contribution in [3.63, 3.8) is 0 Å². The fourth-order valence-electron chi connectivity index (χ4n) is 1.42. The molecular weight excluding hydrogens is 240 g/mol. The summed E-state index contributed by atoms with van der Waals surface area (Å²) in [4.78, 5) is 15.6. The molecule has 0 aromatic heterocycles. The van der Waals surface area contributed by atoms with Crippen molar-refractivity contribution >= 4 is 40.9 Å². The third-order valence-electron chi connectivity index (χ3n) is 2.23. The van der Waals surface area contributed by atoms with Gasteiger partial charge in [0.05, 0.1) is 27.2 Å². The van der Waals surface area contributed by atoms with Crippen LogP contribution in [-0.2, 0) is 0 Å². The zero-order chi connectivity index (χ0) is 11.2. The lowest BCUT2D eigenvalue weighted by Gasteiger charge is -2.16. The molecule has 2 nitrogen and oxygen atoms in total. The number of Topliss-reactive ketones (excluding diaryl/α,β-unsaturated/α-hetero) is 1. The molecule has 0 radical (unpaired) electrons. The standard InChI is InChI=1S/C10H6Cl2FNO/c1-4-3-14-9-6(12)2-5(11)8(13)7(9)10(4)15/h2-4H,1H3. The summed E-state index contributed by atoms with van der Waals surface area (Å²) >= 11 is 11.4. The van der Waals surface area contributed by atoms with E-state index in [4.69, 9.17) is 23.2 Å². The maximum atomic E-state index is 13.6. The van der Waals surface area contributed by atoms with E-state index < -0.39 is 11.7 Å². The van der Waals surface area contributed by atoms with Crippen LogP contribution in [0.2, 0.25) is 10.0 Å². The van der Waals surface area contributed by atoms with Gasteiger partial charge in [0.15, 0.2) is 11.6 Å². The topological polar surface area (TPSA) is 29.4 Å². The Hall–Kier alpha value is -0.930. The number of benzene rings is 1. The highest BCUT2D eigenvalue weighted by molar-refractivity contribution is 6.38. The highest BCUT2D eigenvalue weighted by Crippen LogP contribution is 2.38. The van der Waals surface area contributed by atoms with Crippen molar-refractivity contribution in [1.29, 1.82) is 0 Å². The third-order valence-corrected chi connectivity index (χ3v) is 2.80. The van der Waals surface area contributed by atoms with Crippen LogP contribution in [0, 0.1) is 11.7 Å². The third kappa shape index (κ3) is 1.56.